The Morgan fingerprint density at radius 1 is 1.42 bits per heavy atom. The average Bonchev–Trinajstić information content (AvgIpc) is 3.39. The minimum absolute atomic E-state index is 0.0882. The molecule has 3 heterocycles. The molecular weight excluding hydrogens is 400 g/mol. The number of hydrogen-bond donors (Lipinski definition) is 1. The molecule has 1 atom stereocenters. The van der Waals surface area contributed by atoms with E-state index in [1.54, 1.807) is 52.5 Å². The second-order valence-electron chi connectivity index (χ2n) is 7.97. The molecule has 0 fully saturated rings. The Balaban J connectivity index is 1.81. The van der Waals surface area contributed by atoms with Gasteiger partial charge in [0.1, 0.15) is 23.4 Å². The molecule has 0 aliphatic carbocycles. The van der Waals surface area contributed by atoms with E-state index in [2.05, 4.69) is 4.98 Å². The van der Waals surface area contributed by atoms with Gasteiger partial charge in [0.05, 0.1) is 31.2 Å². The number of allylic oxidation sites excluding steroid dienone is 3. The first-order chi connectivity index (χ1) is 14.8. The molecule has 0 saturated carbocycles. The number of aliphatic hydroxyl groups is 1. The van der Waals surface area contributed by atoms with Crippen molar-refractivity contribution >= 4 is 11.5 Å². The monoisotopic (exact) mass is 426 g/mol. The van der Waals surface area contributed by atoms with Crippen molar-refractivity contribution in [3.05, 3.63) is 53.8 Å². The smallest absolute Gasteiger partial charge is 0.374 e. The lowest BCUT2D eigenvalue weighted by Gasteiger charge is -2.24. The van der Waals surface area contributed by atoms with E-state index in [0.717, 1.165) is 16.7 Å². The second-order valence-corrected chi connectivity index (χ2v) is 7.97. The molecule has 1 aromatic carbocycles. The summed E-state index contributed by atoms with van der Waals surface area (Å²) < 4.78 is 24.7. The van der Waals surface area contributed by atoms with Gasteiger partial charge in [0, 0.05) is 37.0 Å². The van der Waals surface area contributed by atoms with Crippen LogP contribution in [-0.2, 0) is 22.5 Å². The first kappa shape index (κ1) is 21.0. The highest BCUT2D eigenvalue weighted by atomic mass is 16.6. The molecule has 164 valence electrons. The topological polar surface area (TPSA) is 92.0 Å². The summed E-state index contributed by atoms with van der Waals surface area (Å²) in [7, 11) is 1.59. The van der Waals surface area contributed by atoms with Gasteiger partial charge in [0.25, 0.3) is 0 Å². The highest BCUT2D eigenvalue weighted by Gasteiger charge is 2.39. The van der Waals surface area contributed by atoms with Gasteiger partial charge >= 0.3 is 5.97 Å². The Morgan fingerprint density at radius 2 is 2.23 bits per heavy atom. The second kappa shape index (κ2) is 8.11. The van der Waals surface area contributed by atoms with Crippen LogP contribution < -0.4 is 14.2 Å². The van der Waals surface area contributed by atoms with Crippen molar-refractivity contribution in [1.29, 1.82) is 0 Å². The highest BCUT2D eigenvalue weighted by molar-refractivity contribution is 5.95. The van der Waals surface area contributed by atoms with Crippen LogP contribution in [0.2, 0.25) is 0 Å². The number of hydrogen-bond acceptors (Lipinski definition) is 7. The lowest BCUT2D eigenvalue weighted by Crippen LogP contribution is -2.39. The Hall–Kier alpha value is -3.26. The third-order valence-corrected chi connectivity index (χ3v) is 5.31. The van der Waals surface area contributed by atoms with Crippen molar-refractivity contribution in [2.75, 3.05) is 13.7 Å². The third-order valence-electron chi connectivity index (χ3n) is 5.31. The van der Waals surface area contributed by atoms with Gasteiger partial charge in [-0.1, -0.05) is 6.08 Å². The Morgan fingerprint density at radius 3 is 2.87 bits per heavy atom. The number of benzene rings is 1. The van der Waals surface area contributed by atoms with Gasteiger partial charge < -0.3 is 28.6 Å². The Kier molecular flexibility index (Phi) is 5.49. The first-order valence-corrected chi connectivity index (χ1v) is 10.2. The molecular formula is C23H26N2O6. The van der Waals surface area contributed by atoms with Crippen molar-refractivity contribution in [1.82, 2.24) is 9.55 Å². The van der Waals surface area contributed by atoms with E-state index in [9.17, 15) is 9.90 Å². The SMILES string of the molecule is CCOC(=O)C1=C/C(=C\Cn2ccnc2)c2c(cc3c(c2OC)C[C@@H](C(C)(C)O)O3)O1. The number of carbonyl (C=O) groups is 1. The minimum atomic E-state index is -1.03. The predicted octanol–water partition coefficient (Wildman–Crippen LogP) is 2.89. The number of aromatic nitrogens is 2. The van der Waals surface area contributed by atoms with Gasteiger partial charge in [0.15, 0.2) is 0 Å². The molecule has 31 heavy (non-hydrogen) atoms. The number of rotatable bonds is 6. The maximum absolute atomic E-state index is 12.4. The van der Waals surface area contributed by atoms with Crippen molar-refractivity contribution in [2.24, 2.45) is 0 Å². The molecule has 8 heteroatoms. The van der Waals surface area contributed by atoms with E-state index >= 15 is 0 Å². The number of esters is 1. The van der Waals surface area contributed by atoms with Crippen LogP contribution in [0, 0.1) is 0 Å². The molecule has 1 N–H and O–H groups in total. The fourth-order valence-corrected chi connectivity index (χ4v) is 3.73. The summed E-state index contributed by atoms with van der Waals surface area (Å²) in [5.74, 6) is 1.16. The van der Waals surface area contributed by atoms with Crippen LogP contribution in [0.15, 0.2) is 42.7 Å². The van der Waals surface area contributed by atoms with Crippen LogP contribution >= 0.6 is 0 Å². The van der Waals surface area contributed by atoms with Crippen LogP contribution in [0.4, 0.5) is 0 Å². The zero-order valence-electron chi connectivity index (χ0n) is 18.0. The fourth-order valence-electron chi connectivity index (χ4n) is 3.73. The number of methoxy groups -OCH3 is 1. The summed E-state index contributed by atoms with van der Waals surface area (Å²) in [4.78, 5) is 16.5. The highest BCUT2D eigenvalue weighted by Crippen LogP contribution is 2.50. The summed E-state index contributed by atoms with van der Waals surface area (Å²) in [5.41, 5.74) is 1.33. The normalized spacial score (nSPS) is 18.5. The van der Waals surface area contributed by atoms with Gasteiger partial charge in [-0.2, -0.15) is 0 Å². The lowest BCUT2D eigenvalue weighted by molar-refractivity contribution is -0.141. The lowest BCUT2D eigenvalue weighted by atomic mass is 9.92. The minimum Gasteiger partial charge on any atom is -0.496 e. The van der Waals surface area contributed by atoms with Crippen LogP contribution in [0.5, 0.6) is 17.2 Å². The van der Waals surface area contributed by atoms with E-state index in [1.165, 1.54) is 0 Å². The summed E-state index contributed by atoms with van der Waals surface area (Å²) in [6.07, 6.45) is 8.99. The summed E-state index contributed by atoms with van der Waals surface area (Å²) >= 11 is 0. The molecule has 0 amide bonds. The maximum atomic E-state index is 12.4. The Bertz CT molecular complexity index is 1050. The van der Waals surface area contributed by atoms with E-state index in [0.29, 0.717) is 30.2 Å². The summed E-state index contributed by atoms with van der Waals surface area (Å²) in [6, 6.07) is 1.75. The van der Waals surface area contributed by atoms with Crippen molar-refractivity contribution in [2.45, 2.75) is 45.4 Å². The van der Waals surface area contributed by atoms with Gasteiger partial charge in [-0.3, -0.25) is 0 Å². The van der Waals surface area contributed by atoms with Crippen molar-refractivity contribution in [3.8, 4) is 17.2 Å². The molecule has 8 nitrogen and oxygen atoms in total. The summed E-state index contributed by atoms with van der Waals surface area (Å²) in [6.45, 7) is 5.95. The zero-order valence-corrected chi connectivity index (χ0v) is 18.0. The van der Waals surface area contributed by atoms with Gasteiger partial charge in [-0.25, -0.2) is 9.78 Å². The van der Waals surface area contributed by atoms with Gasteiger partial charge in [-0.15, -0.1) is 0 Å². The number of ether oxygens (including phenoxy) is 4. The standard InChI is InChI=1S/C23H26N2O6/c1-5-29-22(26)18-10-14(6-8-25-9-7-24-13-25)20-17(30-18)12-16-15(21(20)28-4)11-19(31-16)23(2,3)27/h6-7,9-10,12-13,19,27H,5,8,11H2,1-4H3/b14-6+/t19-/m0/s1. The van der Waals surface area contributed by atoms with E-state index in [4.69, 9.17) is 18.9 Å². The number of fused-ring (bicyclic) bond motifs is 2. The zero-order chi connectivity index (χ0) is 22.2. The number of imidazole rings is 1. The van der Waals surface area contributed by atoms with Gasteiger partial charge in [-0.05, 0) is 32.4 Å². The molecule has 0 spiro atoms. The summed E-state index contributed by atoms with van der Waals surface area (Å²) in [5, 5.41) is 10.4. The van der Waals surface area contributed by atoms with Crippen LogP contribution in [-0.4, -0.2) is 46.0 Å². The van der Waals surface area contributed by atoms with Crippen LogP contribution in [0.1, 0.15) is 31.9 Å². The largest absolute Gasteiger partial charge is 0.496 e. The quantitative estimate of drug-likeness (QED) is 0.710. The molecule has 0 radical (unpaired) electrons. The molecule has 0 saturated heterocycles. The molecule has 0 bridgehead atoms. The first-order valence-electron chi connectivity index (χ1n) is 10.2. The number of nitrogens with zero attached hydrogens (tertiary/aromatic N) is 2. The third kappa shape index (κ3) is 4.03. The molecule has 2 aromatic rings. The van der Waals surface area contributed by atoms with E-state index < -0.39 is 17.7 Å². The van der Waals surface area contributed by atoms with Crippen molar-refractivity contribution < 1.29 is 28.8 Å². The molecule has 2 aliphatic heterocycles. The van der Waals surface area contributed by atoms with Crippen molar-refractivity contribution in [3.63, 3.8) is 0 Å². The van der Waals surface area contributed by atoms with E-state index in [-0.39, 0.29) is 12.4 Å². The predicted molar refractivity (Wildman–Crippen MR) is 113 cm³/mol. The van der Waals surface area contributed by atoms with Crippen LogP contribution in [0.25, 0.3) is 5.57 Å². The fraction of sp³-hybridized carbons (Fsp3) is 0.391. The van der Waals surface area contributed by atoms with Crippen LogP contribution in [0.3, 0.4) is 0 Å². The molecule has 4 rings (SSSR count). The molecule has 0 unspecified atom stereocenters. The average molecular weight is 426 g/mol. The van der Waals surface area contributed by atoms with Gasteiger partial charge in [0.2, 0.25) is 5.76 Å². The molecule has 1 aromatic heterocycles. The van der Waals surface area contributed by atoms with E-state index in [1.807, 2.05) is 16.8 Å². The number of carbonyl (C=O) groups excluding carboxylic acids is 1. The molecule has 2 aliphatic rings. The Labute approximate surface area is 180 Å². The maximum Gasteiger partial charge on any atom is 0.374 e.